The molecule has 10 nitrogen and oxygen atoms in total. The maximum atomic E-state index is 13.0. The van der Waals surface area contributed by atoms with Gasteiger partial charge in [0.15, 0.2) is 0 Å². The average Bonchev–Trinajstić information content (AvgIpc) is 2.96. The molecule has 0 saturated carbocycles. The van der Waals surface area contributed by atoms with Crippen LogP contribution in [0.5, 0.6) is 5.88 Å². The molecule has 3 heterocycles. The number of para-hydroxylation sites is 1. The molecule has 0 spiro atoms. The highest BCUT2D eigenvalue weighted by Gasteiger charge is 2.26. The van der Waals surface area contributed by atoms with Gasteiger partial charge in [-0.2, -0.15) is 0 Å². The molecule has 2 aromatic heterocycles. The van der Waals surface area contributed by atoms with Crippen molar-refractivity contribution in [2.75, 3.05) is 38.0 Å². The molecule has 1 aliphatic heterocycles. The number of carbonyl (C=O) groups excluding carboxylic acids is 2. The fourth-order valence-electron chi connectivity index (χ4n) is 4.32. The summed E-state index contributed by atoms with van der Waals surface area (Å²) in [4.78, 5) is 37.6. The Hall–Kier alpha value is -4.51. The first kappa shape index (κ1) is 25.2. The minimum Gasteiger partial charge on any atom is -0.481 e. The normalized spacial score (nSPS) is 13.8. The summed E-state index contributed by atoms with van der Waals surface area (Å²) in [6.45, 7) is 1.56. The van der Waals surface area contributed by atoms with E-state index in [9.17, 15) is 18.0 Å². The van der Waals surface area contributed by atoms with Gasteiger partial charge in [0.1, 0.15) is 4.90 Å². The highest BCUT2D eigenvalue weighted by Crippen LogP contribution is 2.24. The number of fused-ring (bicyclic) bond motifs is 1. The molecular formula is C27H25N5O5S. The molecule has 1 aliphatic rings. The number of carbonyl (C=O) groups is 2. The van der Waals surface area contributed by atoms with Gasteiger partial charge in [0.25, 0.3) is 21.8 Å². The summed E-state index contributed by atoms with van der Waals surface area (Å²) in [6.07, 6.45) is 3.07. The number of rotatable bonds is 6. The van der Waals surface area contributed by atoms with E-state index in [4.69, 9.17) is 4.74 Å². The maximum absolute atomic E-state index is 13.0. The van der Waals surface area contributed by atoms with E-state index < -0.39 is 10.0 Å². The highest BCUT2D eigenvalue weighted by molar-refractivity contribution is 7.93. The van der Waals surface area contributed by atoms with Crippen LogP contribution in [0.4, 0.5) is 5.69 Å². The quantitative estimate of drug-likeness (QED) is 0.406. The third kappa shape index (κ3) is 5.14. The van der Waals surface area contributed by atoms with E-state index in [1.807, 2.05) is 0 Å². The third-order valence-electron chi connectivity index (χ3n) is 6.31. The average molecular weight is 532 g/mol. The highest BCUT2D eigenvalue weighted by atomic mass is 32.2. The SMILES string of the molecule is COc1cc(C(=O)N2CCN(C(=O)c3ccc(NS(=O)(=O)c4cccc5cccnc45)cc3)CC2)ccn1. The summed E-state index contributed by atoms with van der Waals surface area (Å²) in [7, 11) is -2.40. The van der Waals surface area contributed by atoms with Crippen molar-refractivity contribution in [2.45, 2.75) is 4.90 Å². The summed E-state index contributed by atoms with van der Waals surface area (Å²) in [5, 5.41) is 0.721. The molecule has 1 N–H and O–H groups in total. The molecule has 1 saturated heterocycles. The molecule has 4 aromatic rings. The van der Waals surface area contributed by atoms with Crippen LogP contribution in [0, 0.1) is 0 Å². The summed E-state index contributed by atoms with van der Waals surface area (Å²) >= 11 is 0. The minimum atomic E-state index is -3.89. The molecule has 0 bridgehead atoms. The zero-order valence-corrected chi connectivity index (χ0v) is 21.4. The predicted molar refractivity (Wildman–Crippen MR) is 142 cm³/mol. The number of sulfonamides is 1. The third-order valence-corrected chi connectivity index (χ3v) is 7.73. The van der Waals surface area contributed by atoms with Crippen LogP contribution in [0.15, 0.2) is 84.0 Å². The van der Waals surface area contributed by atoms with Crippen molar-refractivity contribution in [3.05, 3.63) is 90.3 Å². The Bertz CT molecular complexity index is 1590. The number of piperazine rings is 1. The van der Waals surface area contributed by atoms with Gasteiger partial charge < -0.3 is 14.5 Å². The zero-order valence-electron chi connectivity index (χ0n) is 20.6. The van der Waals surface area contributed by atoms with Gasteiger partial charge in [0.05, 0.1) is 12.6 Å². The monoisotopic (exact) mass is 531 g/mol. The van der Waals surface area contributed by atoms with Crippen molar-refractivity contribution in [3.8, 4) is 5.88 Å². The molecule has 0 unspecified atom stereocenters. The number of methoxy groups -OCH3 is 1. The largest absolute Gasteiger partial charge is 0.481 e. The molecule has 1 fully saturated rings. The summed E-state index contributed by atoms with van der Waals surface area (Å²) in [5.74, 6) is 0.0374. The first-order valence-corrected chi connectivity index (χ1v) is 13.4. The number of pyridine rings is 2. The fraction of sp³-hybridized carbons (Fsp3) is 0.185. The number of amides is 2. The first-order valence-electron chi connectivity index (χ1n) is 11.9. The molecule has 0 atom stereocenters. The lowest BCUT2D eigenvalue weighted by molar-refractivity contribution is 0.0535. The summed E-state index contributed by atoms with van der Waals surface area (Å²) in [6, 6.07) is 18.0. The van der Waals surface area contributed by atoms with Crippen LogP contribution in [-0.2, 0) is 10.0 Å². The summed E-state index contributed by atoms with van der Waals surface area (Å²) < 4.78 is 33.7. The van der Waals surface area contributed by atoms with Crippen LogP contribution in [0.3, 0.4) is 0 Å². The summed E-state index contributed by atoms with van der Waals surface area (Å²) in [5.41, 5.74) is 1.63. The van der Waals surface area contributed by atoms with Crippen molar-refractivity contribution < 1.29 is 22.7 Å². The van der Waals surface area contributed by atoms with E-state index in [0.717, 1.165) is 5.39 Å². The van der Waals surface area contributed by atoms with E-state index in [2.05, 4.69) is 14.7 Å². The smallest absolute Gasteiger partial charge is 0.264 e. The second-order valence-electron chi connectivity index (χ2n) is 8.69. The van der Waals surface area contributed by atoms with Gasteiger partial charge in [-0.05, 0) is 42.5 Å². The Morgan fingerprint density at radius 1 is 0.816 bits per heavy atom. The molecule has 5 rings (SSSR count). The molecule has 38 heavy (non-hydrogen) atoms. The van der Waals surface area contributed by atoms with Crippen LogP contribution >= 0.6 is 0 Å². The number of hydrogen-bond donors (Lipinski definition) is 1. The number of benzene rings is 2. The second-order valence-corrected chi connectivity index (χ2v) is 10.3. The zero-order chi connectivity index (χ0) is 26.7. The van der Waals surface area contributed by atoms with Crippen molar-refractivity contribution in [2.24, 2.45) is 0 Å². The van der Waals surface area contributed by atoms with Gasteiger partial charge in [0, 0.05) is 66.8 Å². The Labute approximate surface area is 219 Å². The number of hydrogen-bond acceptors (Lipinski definition) is 7. The Balaban J connectivity index is 1.22. The van der Waals surface area contributed by atoms with E-state index in [-0.39, 0.29) is 16.7 Å². The van der Waals surface area contributed by atoms with Crippen molar-refractivity contribution in [1.82, 2.24) is 19.8 Å². The van der Waals surface area contributed by atoms with Gasteiger partial charge in [0.2, 0.25) is 5.88 Å². The Morgan fingerprint density at radius 3 is 2.16 bits per heavy atom. The van der Waals surface area contributed by atoms with E-state index in [0.29, 0.717) is 54.4 Å². The van der Waals surface area contributed by atoms with Crippen molar-refractivity contribution in [1.29, 1.82) is 0 Å². The lowest BCUT2D eigenvalue weighted by Gasteiger charge is -2.35. The van der Waals surface area contributed by atoms with Crippen molar-refractivity contribution in [3.63, 3.8) is 0 Å². The van der Waals surface area contributed by atoms with Gasteiger partial charge in [-0.3, -0.25) is 19.3 Å². The molecule has 2 amide bonds. The lowest BCUT2D eigenvalue weighted by atomic mass is 10.1. The number of nitrogens with zero attached hydrogens (tertiary/aromatic N) is 4. The van der Waals surface area contributed by atoms with Gasteiger partial charge in [-0.1, -0.05) is 18.2 Å². The minimum absolute atomic E-state index is 0.0772. The number of nitrogens with one attached hydrogen (secondary N) is 1. The molecular weight excluding hydrogens is 506 g/mol. The van der Waals surface area contributed by atoms with Crippen LogP contribution in [0.1, 0.15) is 20.7 Å². The Kier molecular flexibility index (Phi) is 6.93. The van der Waals surface area contributed by atoms with Gasteiger partial charge >= 0.3 is 0 Å². The van der Waals surface area contributed by atoms with E-state index in [1.54, 1.807) is 76.7 Å². The van der Waals surface area contributed by atoms with Crippen LogP contribution < -0.4 is 9.46 Å². The van der Waals surface area contributed by atoms with E-state index in [1.165, 1.54) is 19.4 Å². The van der Waals surface area contributed by atoms with Gasteiger partial charge in [-0.15, -0.1) is 0 Å². The molecule has 0 radical (unpaired) electrons. The molecule has 0 aliphatic carbocycles. The first-order chi connectivity index (χ1) is 18.4. The maximum Gasteiger partial charge on any atom is 0.264 e. The lowest BCUT2D eigenvalue weighted by Crippen LogP contribution is -2.50. The Morgan fingerprint density at radius 2 is 1.47 bits per heavy atom. The molecule has 11 heteroatoms. The van der Waals surface area contributed by atoms with Crippen LogP contribution in [-0.4, -0.2) is 73.3 Å². The number of anilines is 1. The number of aromatic nitrogens is 2. The van der Waals surface area contributed by atoms with Crippen LogP contribution in [0.2, 0.25) is 0 Å². The second kappa shape index (κ2) is 10.5. The van der Waals surface area contributed by atoms with E-state index >= 15 is 0 Å². The molecule has 194 valence electrons. The number of ether oxygens (including phenoxy) is 1. The van der Waals surface area contributed by atoms with Gasteiger partial charge in [-0.25, -0.2) is 13.4 Å². The van der Waals surface area contributed by atoms with Crippen molar-refractivity contribution >= 4 is 38.4 Å². The standard InChI is InChI=1S/C27H25N5O5S/c1-37-24-18-21(11-13-28-24)27(34)32-16-14-31(15-17-32)26(33)20-7-9-22(10-8-20)30-38(35,36)23-6-2-4-19-5-3-12-29-25(19)23/h2-13,18,30H,14-17H2,1H3. The van der Waals surface area contributed by atoms with Crippen LogP contribution in [0.25, 0.3) is 10.9 Å². The fourth-order valence-corrected chi connectivity index (χ4v) is 5.56. The predicted octanol–water partition coefficient (Wildman–Crippen LogP) is 3.04. The topological polar surface area (TPSA) is 122 Å². The molecule has 2 aromatic carbocycles.